The minimum absolute atomic E-state index is 0.218. The fourth-order valence-corrected chi connectivity index (χ4v) is 4.51. The van der Waals surface area contributed by atoms with Crippen LogP contribution in [0.1, 0.15) is 23.5 Å². The Balaban J connectivity index is 1.68. The summed E-state index contributed by atoms with van der Waals surface area (Å²) < 4.78 is 16.5. The number of benzene rings is 2. The van der Waals surface area contributed by atoms with E-state index < -0.39 is 0 Å². The van der Waals surface area contributed by atoms with Gasteiger partial charge in [0.15, 0.2) is 5.11 Å². The second-order valence-corrected chi connectivity index (χ2v) is 8.05. The van der Waals surface area contributed by atoms with Crippen LogP contribution in [0.5, 0.6) is 0 Å². The molecule has 0 amide bonds. The summed E-state index contributed by atoms with van der Waals surface area (Å²) >= 11 is 11.9. The van der Waals surface area contributed by atoms with E-state index in [9.17, 15) is 4.39 Å². The topological polar surface area (TPSA) is 33.1 Å². The van der Waals surface area contributed by atoms with Crippen LogP contribution in [0.25, 0.3) is 5.69 Å². The molecule has 4 aromatic rings. The number of pyridine rings is 1. The van der Waals surface area contributed by atoms with Gasteiger partial charge in [-0.2, -0.15) is 0 Å². The van der Waals surface area contributed by atoms with Gasteiger partial charge in [-0.3, -0.25) is 4.98 Å². The van der Waals surface area contributed by atoms with Crippen molar-refractivity contribution in [3.63, 3.8) is 0 Å². The zero-order valence-electron chi connectivity index (χ0n) is 16.3. The van der Waals surface area contributed by atoms with E-state index in [1.54, 1.807) is 18.3 Å². The maximum Gasteiger partial charge on any atom is 0.174 e. The largest absolute Gasteiger partial charge is 0.351 e. The van der Waals surface area contributed by atoms with Gasteiger partial charge in [0.1, 0.15) is 11.9 Å². The summed E-state index contributed by atoms with van der Waals surface area (Å²) in [6.45, 7) is 0. The maximum absolute atomic E-state index is 14.7. The Labute approximate surface area is 189 Å². The minimum atomic E-state index is -0.291. The molecule has 1 aliphatic heterocycles. The minimum Gasteiger partial charge on any atom is -0.351 e. The van der Waals surface area contributed by atoms with E-state index in [2.05, 4.69) is 10.3 Å². The number of nitrogens with zero attached hydrogens (tertiary/aromatic N) is 3. The number of hydrogen-bond donors (Lipinski definition) is 1. The fraction of sp³-hybridized carbons (Fsp3) is 0.0833. The van der Waals surface area contributed by atoms with E-state index in [1.807, 2.05) is 76.3 Å². The Morgan fingerprint density at radius 2 is 1.71 bits per heavy atom. The molecular formula is C24H18ClFN4S. The van der Waals surface area contributed by atoms with E-state index in [4.69, 9.17) is 23.8 Å². The third-order valence-electron chi connectivity index (χ3n) is 5.40. The number of hydrogen-bond acceptors (Lipinski definition) is 2. The molecule has 0 bridgehead atoms. The third kappa shape index (κ3) is 3.58. The average Bonchev–Trinajstić information content (AvgIpc) is 3.39. The molecule has 7 heteroatoms. The van der Waals surface area contributed by atoms with Crippen molar-refractivity contribution in [3.05, 3.63) is 113 Å². The van der Waals surface area contributed by atoms with Gasteiger partial charge >= 0.3 is 0 Å². The van der Waals surface area contributed by atoms with Crippen LogP contribution in [-0.2, 0) is 0 Å². The average molecular weight is 449 g/mol. The SMILES string of the molecule is Fc1ccccc1-n1cccc1C1C(c2ccccn2)NC(=S)N1c1ccc(Cl)cc1. The van der Waals surface area contributed by atoms with Crippen molar-refractivity contribution >= 4 is 34.6 Å². The van der Waals surface area contributed by atoms with Crippen LogP contribution in [0, 0.1) is 5.82 Å². The number of rotatable bonds is 4. The standard InChI is InChI=1S/C24H18ClFN4S/c25-16-10-12-17(13-11-16)30-23(22(28-24(30)31)19-7-3-4-14-27-19)21-9-5-15-29(21)20-8-2-1-6-18(20)26/h1-15,22-23H,(H,28,31). The number of aromatic nitrogens is 2. The summed E-state index contributed by atoms with van der Waals surface area (Å²) in [6, 6.07) is 23.5. The Morgan fingerprint density at radius 1 is 0.935 bits per heavy atom. The molecule has 3 heterocycles. The van der Waals surface area contributed by atoms with Gasteiger partial charge in [0, 0.05) is 28.8 Å². The van der Waals surface area contributed by atoms with Crippen molar-refractivity contribution in [3.8, 4) is 5.69 Å². The first-order chi connectivity index (χ1) is 15.1. The van der Waals surface area contributed by atoms with E-state index in [0.29, 0.717) is 15.8 Å². The molecule has 2 aromatic carbocycles. The van der Waals surface area contributed by atoms with Crippen LogP contribution in [0.4, 0.5) is 10.1 Å². The summed E-state index contributed by atoms with van der Waals surface area (Å²) in [6.07, 6.45) is 3.63. The summed E-state index contributed by atoms with van der Waals surface area (Å²) in [4.78, 5) is 6.60. The first-order valence-electron chi connectivity index (χ1n) is 9.82. The second kappa shape index (κ2) is 8.13. The van der Waals surface area contributed by atoms with E-state index >= 15 is 0 Å². The zero-order chi connectivity index (χ0) is 21.4. The second-order valence-electron chi connectivity index (χ2n) is 7.23. The van der Waals surface area contributed by atoms with Crippen LogP contribution in [0.15, 0.2) is 91.3 Å². The van der Waals surface area contributed by atoms with Crippen LogP contribution < -0.4 is 10.2 Å². The van der Waals surface area contributed by atoms with Crippen LogP contribution in [0.3, 0.4) is 0 Å². The molecule has 1 N–H and O–H groups in total. The smallest absolute Gasteiger partial charge is 0.174 e. The number of nitrogens with one attached hydrogen (secondary N) is 1. The molecule has 2 aromatic heterocycles. The van der Waals surface area contributed by atoms with Gasteiger partial charge in [0.05, 0.1) is 17.4 Å². The van der Waals surface area contributed by atoms with Crippen LogP contribution in [-0.4, -0.2) is 14.7 Å². The maximum atomic E-state index is 14.7. The Morgan fingerprint density at radius 3 is 2.45 bits per heavy atom. The van der Waals surface area contributed by atoms with Gasteiger partial charge in [-0.1, -0.05) is 29.8 Å². The lowest BCUT2D eigenvalue weighted by atomic mass is 10.0. The highest BCUT2D eigenvalue weighted by Crippen LogP contribution is 2.42. The summed E-state index contributed by atoms with van der Waals surface area (Å²) in [7, 11) is 0. The predicted octanol–water partition coefficient (Wildman–Crippen LogP) is 5.84. The first-order valence-corrected chi connectivity index (χ1v) is 10.6. The molecule has 5 rings (SSSR count). The predicted molar refractivity (Wildman–Crippen MR) is 125 cm³/mol. The number of para-hydroxylation sites is 1. The molecular weight excluding hydrogens is 431 g/mol. The lowest BCUT2D eigenvalue weighted by Gasteiger charge is -2.29. The summed E-state index contributed by atoms with van der Waals surface area (Å²) in [5.74, 6) is -0.291. The van der Waals surface area contributed by atoms with Gasteiger partial charge in [0.25, 0.3) is 0 Å². The van der Waals surface area contributed by atoms with Crippen molar-refractivity contribution in [1.29, 1.82) is 0 Å². The molecule has 0 saturated carbocycles. The van der Waals surface area contributed by atoms with E-state index in [1.165, 1.54) is 6.07 Å². The Kier molecular flexibility index (Phi) is 5.18. The van der Waals surface area contributed by atoms with Crippen LogP contribution in [0.2, 0.25) is 5.02 Å². The normalized spacial score (nSPS) is 18.3. The quantitative estimate of drug-likeness (QED) is 0.397. The van der Waals surface area contributed by atoms with Crippen molar-refractivity contribution in [2.75, 3.05) is 4.90 Å². The van der Waals surface area contributed by atoms with Gasteiger partial charge in [-0.25, -0.2) is 4.39 Å². The zero-order valence-corrected chi connectivity index (χ0v) is 17.9. The van der Waals surface area contributed by atoms with Crippen LogP contribution >= 0.6 is 23.8 Å². The third-order valence-corrected chi connectivity index (χ3v) is 5.96. The molecule has 31 heavy (non-hydrogen) atoms. The van der Waals surface area contributed by atoms with Crippen molar-refractivity contribution in [2.24, 2.45) is 0 Å². The highest BCUT2D eigenvalue weighted by atomic mass is 35.5. The molecule has 1 fully saturated rings. The highest BCUT2D eigenvalue weighted by molar-refractivity contribution is 7.80. The summed E-state index contributed by atoms with van der Waals surface area (Å²) in [5.41, 5.74) is 3.12. The molecule has 4 nitrogen and oxygen atoms in total. The van der Waals surface area contributed by atoms with E-state index in [-0.39, 0.29) is 17.9 Å². The van der Waals surface area contributed by atoms with Crippen molar-refractivity contribution < 1.29 is 4.39 Å². The molecule has 0 spiro atoms. The summed E-state index contributed by atoms with van der Waals surface area (Å²) in [5, 5.41) is 4.64. The van der Waals surface area contributed by atoms with Gasteiger partial charge in [-0.05, 0) is 72.9 Å². The van der Waals surface area contributed by atoms with E-state index in [0.717, 1.165) is 17.1 Å². The molecule has 0 aliphatic carbocycles. The number of thiocarbonyl (C=S) groups is 1. The molecule has 2 unspecified atom stereocenters. The lowest BCUT2D eigenvalue weighted by molar-refractivity contribution is 0.544. The number of halogens is 2. The molecule has 154 valence electrons. The molecule has 0 radical (unpaired) electrons. The fourth-order valence-electron chi connectivity index (χ4n) is 4.04. The van der Waals surface area contributed by atoms with Gasteiger partial charge < -0.3 is 14.8 Å². The Bertz CT molecular complexity index is 1230. The first kappa shape index (κ1) is 19.7. The molecule has 1 saturated heterocycles. The molecule has 2 atom stereocenters. The highest BCUT2D eigenvalue weighted by Gasteiger charge is 2.42. The van der Waals surface area contributed by atoms with Crippen molar-refractivity contribution in [2.45, 2.75) is 12.1 Å². The molecule has 1 aliphatic rings. The lowest BCUT2D eigenvalue weighted by Crippen LogP contribution is -2.30. The monoisotopic (exact) mass is 448 g/mol. The number of anilines is 1. The Hall–Kier alpha value is -3.22. The van der Waals surface area contributed by atoms with Gasteiger partial charge in [-0.15, -0.1) is 0 Å². The van der Waals surface area contributed by atoms with Crippen molar-refractivity contribution in [1.82, 2.24) is 14.9 Å². The van der Waals surface area contributed by atoms with Gasteiger partial charge in [0.2, 0.25) is 0 Å².